The first-order valence-electron chi connectivity index (χ1n) is 9.55. The monoisotopic (exact) mass is 398 g/mol. The first-order chi connectivity index (χ1) is 13.9. The Morgan fingerprint density at radius 2 is 1.90 bits per heavy atom. The Bertz CT molecular complexity index is 967. The van der Waals surface area contributed by atoms with Crippen molar-refractivity contribution in [3.8, 4) is 11.5 Å². The number of fused-ring (bicyclic) bond motifs is 1. The molecule has 0 fully saturated rings. The average molecular weight is 398 g/mol. The maximum Gasteiger partial charge on any atom is 0.344 e. The Labute approximate surface area is 169 Å². The van der Waals surface area contributed by atoms with Crippen LogP contribution in [-0.4, -0.2) is 45.0 Å². The molecule has 3 atom stereocenters. The number of aromatic amines is 1. The molecule has 3 aromatic rings. The third kappa shape index (κ3) is 4.88. The van der Waals surface area contributed by atoms with Crippen LogP contribution >= 0.6 is 0 Å². The van der Waals surface area contributed by atoms with Crippen LogP contribution in [-0.2, 0) is 11.2 Å². The van der Waals surface area contributed by atoms with Crippen molar-refractivity contribution in [1.82, 2.24) is 10.3 Å². The molecule has 3 rings (SSSR count). The van der Waals surface area contributed by atoms with E-state index in [1.165, 1.54) is 6.92 Å². The number of carboxylic acids is 1. The number of aromatic nitrogens is 1. The summed E-state index contributed by atoms with van der Waals surface area (Å²) in [5, 5.41) is 33.2. The highest BCUT2D eigenvalue weighted by Crippen LogP contribution is 2.28. The Kier molecular flexibility index (Phi) is 6.41. The Morgan fingerprint density at radius 1 is 1.17 bits per heavy atom. The summed E-state index contributed by atoms with van der Waals surface area (Å²) in [7, 11) is 0. The van der Waals surface area contributed by atoms with Gasteiger partial charge in [0.05, 0.1) is 11.6 Å². The Hall–Kier alpha value is -3.03. The van der Waals surface area contributed by atoms with E-state index < -0.39 is 18.2 Å². The number of benzene rings is 2. The molecule has 0 saturated carbocycles. The van der Waals surface area contributed by atoms with Gasteiger partial charge in [0.1, 0.15) is 11.5 Å². The van der Waals surface area contributed by atoms with Crippen LogP contribution in [0.25, 0.3) is 10.9 Å². The van der Waals surface area contributed by atoms with Crippen LogP contribution in [0.4, 0.5) is 0 Å². The van der Waals surface area contributed by atoms with E-state index in [1.807, 2.05) is 25.3 Å². The van der Waals surface area contributed by atoms with E-state index in [0.717, 1.165) is 28.5 Å². The van der Waals surface area contributed by atoms with Crippen molar-refractivity contribution in [3.63, 3.8) is 0 Å². The smallest absolute Gasteiger partial charge is 0.344 e. The second kappa shape index (κ2) is 8.98. The van der Waals surface area contributed by atoms with E-state index in [1.54, 1.807) is 30.3 Å². The van der Waals surface area contributed by atoms with Crippen molar-refractivity contribution in [2.75, 3.05) is 6.54 Å². The number of carbonyl (C=O) groups is 1. The molecule has 0 aliphatic rings. The average Bonchev–Trinajstić information content (AvgIpc) is 3.12. The molecule has 7 nitrogen and oxygen atoms in total. The normalized spacial score (nSPS) is 14.4. The molecule has 0 aliphatic heterocycles. The number of aliphatic carboxylic acids is 1. The van der Waals surface area contributed by atoms with Gasteiger partial charge in [0, 0.05) is 17.6 Å². The fourth-order valence-corrected chi connectivity index (χ4v) is 3.24. The predicted octanol–water partition coefficient (Wildman–Crippen LogP) is 2.98. The number of rotatable bonds is 9. The second-order valence-electron chi connectivity index (χ2n) is 7.12. The van der Waals surface area contributed by atoms with Crippen molar-refractivity contribution in [2.45, 2.75) is 38.5 Å². The van der Waals surface area contributed by atoms with Gasteiger partial charge < -0.3 is 30.4 Å². The number of hydrogen-bond acceptors (Lipinski definition) is 5. The Morgan fingerprint density at radius 3 is 2.59 bits per heavy atom. The van der Waals surface area contributed by atoms with Crippen LogP contribution < -0.4 is 10.1 Å². The molecule has 0 aliphatic carbocycles. The molecule has 0 amide bonds. The summed E-state index contributed by atoms with van der Waals surface area (Å²) in [5.41, 5.74) is 2.59. The zero-order chi connectivity index (χ0) is 21.0. The van der Waals surface area contributed by atoms with Crippen molar-refractivity contribution in [1.29, 1.82) is 0 Å². The summed E-state index contributed by atoms with van der Waals surface area (Å²) < 4.78 is 5.54. The van der Waals surface area contributed by atoms with Gasteiger partial charge in [-0.3, -0.25) is 0 Å². The van der Waals surface area contributed by atoms with Crippen molar-refractivity contribution < 1.29 is 24.9 Å². The van der Waals surface area contributed by atoms with Crippen LogP contribution in [0, 0.1) is 0 Å². The number of carboxylic acid groups (broad SMARTS) is 1. The minimum Gasteiger partial charge on any atom is -0.508 e. The molecule has 1 heterocycles. The van der Waals surface area contributed by atoms with Gasteiger partial charge in [-0.05, 0) is 56.1 Å². The van der Waals surface area contributed by atoms with Gasteiger partial charge >= 0.3 is 5.97 Å². The van der Waals surface area contributed by atoms with Gasteiger partial charge in [-0.1, -0.05) is 24.3 Å². The molecule has 1 aromatic heterocycles. The summed E-state index contributed by atoms with van der Waals surface area (Å²) in [6.07, 6.45) is 1.00. The standard InChI is InChI=1S/C22H26N2O5/c1-13(21(26)15-6-8-17(25)9-7-15)23-11-10-16-12-24-20-18(16)4-3-5-19(20)29-14(2)22(27)28/h3-9,12-14,21,23-26H,10-11H2,1-2H3,(H,27,28)/t13-,14-,21+/m0/s1. The first-order valence-corrected chi connectivity index (χ1v) is 9.55. The number of hydrogen-bond donors (Lipinski definition) is 5. The lowest BCUT2D eigenvalue weighted by Crippen LogP contribution is -2.33. The molecule has 154 valence electrons. The van der Waals surface area contributed by atoms with E-state index in [4.69, 9.17) is 9.84 Å². The lowest BCUT2D eigenvalue weighted by molar-refractivity contribution is -0.144. The van der Waals surface area contributed by atoms with Crippen LogP contribution in [0.2, 0.25) is 0 Å². The molecule has 0 spiro atoms. The third-order valence-corrected chi connectivity index (χ3v) is 4.98. The summed E-state index contributed by atoms with van der Waals surface area (Å²) in [5.74, 6) is -0.339. The van der Waals surface area contributed by atoms with E-state index >= 15 is 0 Å². The summed E-state index contributed by atoms with van der Waals surface area (Å²) in [6, 6.07) is 11.9. The predicted molar refractivity (Wildman–Crippen MR) is 110 cm³/mol. The number of aromatic hydroxyl groups is 1. The number of phenolic OH excluding ortho intramolecular Hbond substituents is 1. The van der Waals surface area contributed by atoms with Crippen molar-refractivity contribution in [2.24, 2.45) is 0 Å². The number of aliphatic hydroxyl groups excluding tert-OH is 1. The summed E-state index contributed by atoms with van der Waals surface area (Å²) in [4.78, 5) is 14.2. The minimum absolute atomic E-state index is 0.167. The highest BCUT2D eigenvalue weighted by atomic mass is 16.5. The summed E-state index contributed by atoms with van der Waals surface area (Å²) >= 11 is 0. The highest BCUT2D eigenvalue weighted by Gasteiger charge is 2.17. The molecule has 2 aromatic carbocycles. The fourth-order valence-electron chi connectivity index (χ4n) is 3.24. The van der Waals surface area contributed by atoms with E-state index in [-0.39, 0.29) is 11.8 Å². The zero-order valence-corrected chi connectivity index (χ0v) is 16.4. The SMILES string of the molecule is C[C@H](Oc1cccc2c(CCN[C@@H](C)[C@@H](O)c3ccc(O)cc3)c[nH]c12)C(=O)O. The zero-order valence-electron chi connectivity index (χ0n) is 16.4. The quantitative estimate of drug-likeness (QED) is 0.379. The lowest BCUT2D eigenvalue weighted by atomic mass is 10.0. The van der Waals surface area contributed by atoms with E-state index in [0.29, 0.717) is 12.3 Å². The number of ether oxygens (including phenoxy) is 1. The second-order valence-corrected chi connectivity index (χ2v) is 7.12. The molecule has 0 unspecified atom stereocenters. The molecular weight excluding hydrogens is 372 g/mol. The molecular formula is C22H26N2O5. The summed E-state index contributed by atoms with van der Waals surface area (Å²) in [6.45, 7) is 4.06. The number of nitrogens with one attached hydrogen (secondary N) is 2. The number of phenols is 1. The van der Waals surface area contributed by atoms with Gasteiger partial charge in [-0.2, -0.15) is 0 Å². The first kappa shape index (κ1) is 20.7. The minimum atomic E-state index is -1.01. The van der Waals surface area contributed by atoms with E-state index in [2.05, 4.69) is 10.3 Å². The molecule has 5 N–H and O–H groups in total. The largest absolute Gasteiger partial charge is 0.508 e. The van der Waals surface area contributed by atoms with Gasteiger partial charge in [0.15, 0.2) is 6.10 Å². The van der Waals surface area contributed by atoms with Crippen LogP contribution in [0.1, 0.15) is 31.1 Å². The lowest BCUT2D eigenvalue weighted by Gasteiger charge is -2.20. The van der Waals surface area contributed by atoms with Gasteiger partial charge in [-0.15, -0.1) is 0 Å². The maximum absolute atomic E-state index is 11.0. The van der Waals surface area contributed by atoms with Crippen LogP contribution in [0.15, 0.2) is 48.7 Å². The van der Waals surface area contributed by atoms with Crippen LogP contribution in [0.3, 0.4) is 0 Å². The molecule has 7 heteroatoms. The van der Waals surface area contributed by atoms with Gasteiger partial charge in [0.2, 0.25) is 0 Å². The van der Waals surface area contributed by atoms with Gasteiger partial charge in [-0.25, -0.2) is 4.79 Å². The highest BCUT2D eigenvalue weighted by molar-refractivity contribution is 5.88. The van der Waals surface area contributed by atoms with Crippen molar-refractivity contribution >= 4 is 16.9 Å². The number of aliphatic hydroxyl groups is 1. The third-order valence-electron chi connectivity index (χ3n) is 4.98. The van der Waals surface area contributed by atoms with Crippen molar-refractivity contribution in [3.05, 3.63) is 59.8 Å². The number of H-pyrrole nitrogens is 1. The van der Waals surface area contributed by atoms with Gasteiger partial charge in [0.25, 0.3) is 0 Å². The van der Waals surface area contributed by atoms with E-state index in [9.17, 15) is 15.0 Å². The topological polar surface area (TPSA) is 115 Å². The maximum atomic E-state index is 11.0. The molecule has 0 radical (unpaired) electrons. The molecule has 0 bridgehead atoms. The Balaban J connectivity index is 1.62. The van der Waals surface area contributed by atoms with Crippen LogP contribution in [0.5, 0.6) is 11.5 Å². The number of para-hydroxylation sites is 1. The molecule has 29 heavy (non-hydrogen) atoms. The molecule has 0 saturated heterocycles. The fraction of sp³-hybridized carbons (Fsp3) is 0.318.